The molecule has 4 heteroatoms. The molecule has 1 N–H and O–H groups in total. The molecule has 0 heterocycles. The maximum absolute atomic E-state index is 11.7. The molecule has 1 amide bonds. The van der Waals surface area contributed by atoms with Gasteiger partial charge in [0.15, 0.2) is 0 Å². The highest BCUT2D eigenvalue weighted by Gasteiger charge is 2.22. The van der Waals surface area contributed by atoms with Crippen LogP contribution in [0.15, 0.2) is 28.7 Å². The molecule has 0 unspecified atom stereocenters. The van der Waals surface area contributed by atoms with Crippen LogP contribution in [0.3, 0.4) is 0 Å². The number of amides is 1. The first-order chi connectivity index (χ1) is 8.43. The molecule has 0 atom stereocenters. The highest BCUT2D eigenvalue weighted by Crippen LogP contribution is 2.19. The van der Waals surface area contributed by atoms with Gasteiger partial charge in [0.25, 0.3) is 0 Å². The first-order valence-corrected chi connectivity index (χ1v) is 6.98. The second-order valence-electron chi connectivity index (χ2n) is 4.88. The number of nitrogens with one attached hydrogen (secondary N) is 1. The molecule has 0 aromatic heterocycles. The average Bonchev–Trinajstić information content (AvgIpc) is 2.29. The molecular weight excluding hydrogens is 294 g/mol. The second kappa shape index (κ2) is 6.78. The Morgan fingerprint density at radius 1 is 1.33 bits per heavy atom. The Morgan fingerprint density at radius 3 is 2.50 bits per heavy atom. The van der Waals surface area contributed by atoms with Gasteiger partial charge in [-0.2, -0.15) is 0 Å². The minimum atomic E-state index is -0.421. The van der Waals surface area contributed by atoms with Gasteiger partial charge < -0.3 is 4.74 Å². The minimum Gasteiger partial charge on any atom is -0.443 e. The van der Waals surface area contributed by atoms with Gasteiger partial charge in [0.2, 0.25) is 0 Å². The monoisotopic (exact) mass is 313 g/mol. The molecule has 0 aliphatic carbocycles. The first-order valence-electron chi connectivity index (χ1n) is 6.18. The molecule has 0 aliphatic heterocycles. The molecule has 0 radical (unpaired) electrons. The minimum absolute atomic E-state index is 0.404. The number of hydrogen-bond acceptors (Lipinski definition) is 2. The van der Waals surface area contributed by atoms with Crippen LogP contribution >= 0.6 is 15.9 Å². The van der Waals surface area contributed by atoms with E-state index in [1.165, 1.54) is 0 Å². The van der Waals surface area contributed by atoms with Gasteiger partial charge in [0.1, 0.15) is 5.60 Å². The normalized spacial score (nSPS) is 11.1. The lowest BCUT2D eigenvalue weighted by Crippen LogP contribution is -2.30. The Bertz CT molecular complexity index is 387. The van der Waals surface area contributed by atoms with Crippen LogP contribution in [0, 0.1) is 0 Å². The molecule has 0 saturated carbocycles. The number of rotatable bonds is 5. The molecule has 1 aromatic carbocycles. The topological polar surface area (TPSA) is 38.3 Å². The zero-order valence-electron chi connectivity index (χ0n) is 11.1. The number of unbranched alkanes of at least 4 members (excludes halogenated alkanes) is 1. The molecule has 100 valence electrons. The Labute approximate surface area is 117 Å². The summed E-state index contributed by atoms with van der Waals surface area (Å²) in [6, 6.07) is 7.39. The van der Waals surface area contributed by atoms with Gasteiger partial charge in [-0.3, -0.25) is 5.32 Å². The zero-order chi connectivity index (χ0) is 13.6. The Hall–Kier alpha value is -1.03. The summed E-state index contributed by atoms with van der Waals surface area (Å²) in [7, 11) is 0. The van der Waals surface area contributed by atoms with E-state index in [4.69, 9.17) is 4.74 Å². The van der Waals surface area contributed by atoms with Crippen LogP contribution in [0.4, 0.5) is 10.5 Å². The van der Waals surface area contributed by atoms with Crippen molar-refractivity contribution in [2.24, 2.45) is 0 Å². The summed E-state index contributed by atoms with van der Waals surface area (Å²) >= 11 is 3.34. The fourth-order valence-corrected chi connectivity index (χ4v) is 1.85. The van der Waals surface area contributed by atoms with Gasteiger partial charge in [0, 0.05) is 10.2 Å². The Balaban J connectivity index is 2.48. The number of anilines is 1. The average molecular weight is 314 g/mol. The van der Waals surface area contributed by atoms with Gasteiger partial charge in [-0.05, 0) is 51.0 Å². The number of benzene rings is 1. The summed E-state index contributed by atoms with van der Waals surface area (Å²) in [6.07, 6.45) is 2.62. The predicted molar refractivity (Wildman–Crippen MR) is 77.8 cm³/mol. The second-order valence-corrected chi connectivity index (χ2v) is 5.80. The molecule has 0 bridgehead atoms. The molecule has 3 nitrogen and oxygen atoms in total. The number of ether oxygens (including phenoxy) is 1. The van der Waals surface area contributed by atoms with Crippen molar-refractivity contribution in [3.8, 4) is 0 Å². The van der Waals surface area contributed by atoms with Crippen molar-refractivity contribution in [2.75, 3.05) is 5.32 Å². The maximum atomic E-state index is 11.7. The number of halogens is 1. The highest BCUT2D eigenvalue weighted by molar-refractivity contribution is 9.10. The van der Waals surface area contributed by atoms with E-state index in [1.54, 1.807) is 0 Å². The van der Waals surface area contributed by atoms with Crippen LogP contribution in [-0.4, -0.2) is 11.7 Å². The SMILES string of the molecule is CCCCC(C)(C)OC(=O)Nc1ccc(Br)cc1. The largest absolute Gasteiger partial charge is 0.443 e. The summed E-state index contributed by atoms with van der Waals surface area (Å²) in [5.74, 6) is 0. The third-order valence-corrected chi connectivity index (χ3v) is 3.12. The van der Waals surface area contributed by atoms with E-state index < -0.39 is 11.7 Å². The first kappa shape index (κ1) is 15.0. The molecule has 0 saturated heterocycles. The van der Waals surface area contributed by atoms with E-state index in [9.17, 15) is 4.79 Å². The third kappa shape index (κ3) is 5.54. The van der Waals surface area contributed by atoms with Crippen molar-refractivity contribution in [2.45, 2.75) is 45.6 Å². The van der Waals surface area contributed by atoms with Gasteiger partial charge in [0.05, 0.1) is 0 Å². The van der Waals surface area contributed by atoms with Gasteiger partial charge in [-0.1, -0.05) is 29.3 Å². The fraction of sp³-hybridized carbons (Fsp3) is 0.500. The maximum Gasteiger partial charge on any atom is 0.412 e. The highest BCUT2D eigenvalue weighted by atomic mass is 79.9. The number of hydrogen-bond donors (Lipinski definition) is 1. The summed E-state index contributed by atoms with van der Waals surface area (Å²) in [6.45, 7) is 5.99. The van der Waals surface area contributed by atoms with Crippen molar-refractivity contribution in [1.82, 2.24) is 0 Å². The smallest absolute Gasteiger partial charge is 0.412 e. The lowest BCUT2D eigenvalue weighted by Gasteiger charge is -2.25. The molecule has 0 fully saturated rings. The summed E-state index contributed by atoms with van der Waals surface area (Å²) in [5.41, 5.74) is 0.310. The molecule has 18 heavy (non-hydrogen) atoms. The molecule has 0 spiro atoms. The molecule has 1 aromatic rings. The molecular formula is C14H20BrNO2. The van der Waals surface area contributed by atoms with Crippen LogP contribution in [0.2, 0.25) is 0 Å². The Morgan fingerprint density at radius 2 is 1.94 bits per heavy atom. The summed E-state index contributed by atoms with van der Waals surface area (Å²) in [5, 5.41) is 2.72. The van der Waals surface area contributed by atoms with E-state index in [0.29, 0.717) is 0 Å². The van der Waals surface area contributed by atoms with Gasteiger partial charge in [-0.15, -0.1) is 0 Å². The standard InChI is InChI=1S/C14H20BrNO2/c1-4-5-10-14(2,3)18-13(17)16-12-8-6-11(15)7-9-12/h6-9H,4-5,10H2,1-3H3,(H,16,17). The molecule has 0 aliphatic rings. The Kier molecular flexibility index (Phi) is 5.66. The fourth-order valence-electron chi connectivity index (χ4n) is 1.58. The predicted octanol–water partition coefficient (Wildman–Crippen LogP) is 4.97. The summed E-state index contributed by atoms with van der Waals surface area (Å²) < 4.78 is 6.39. The van der Waals surface area contributed by atoms with Crippen LogP contribution in [0.1, 0.15) is 40.0 Å². The van der Waals surface area contributed by atoms with Crippen molar-refractivity contribution < 1.29 is 9.53 Å². The van der Waals surface area contributed by atoms with E-state index in [-0.39, 0.29) is 0 Å². The van der Waals surface area contributed by atoms with Crippen molar-refractivity contribution >= 4 is 27.7 Å². The number of carbonyl (C=O) groups is 1. The van der Waals surface area contributed by atoms with Crippen molar-refractivity contribution in [3.05, 3.63) is 28.7 Å². The zero-order valence-corrected chi connectivity index (χ0v) is 12.7. The van der Waals surface area contributed by atoms with E-state index in [0.717, 1.165) is 29.4 Å². The van der Waals surface area contributed by atoms with Crippen LogP contribution in [-0.2, 0) is 4.74 Å². The lowest BCUT2D eigenvalue weighted by molar-refractivity contribution is 0.0407. The molecule has 1 rings (SSSR count). The number of carbonyl (C=O) groups excluding carboxylic acids is 1. The summed E-state index contributed by atoms with van der Waals surface area (Å²) in [4.78, 5) is 11.7. The van der Waals surface area contributed by atoms with Crippen LogP contribution < -0.4 is 5.32 Å². The van der Waals surface area contributed by atoms with E-state index in [1.807, 2.05) is 38.1 Å². The van der Waals surface area contributed by atoms with E-state index in [2.05, 4.69) is 28.2 Å². The third-order valence-electron chi connectivity index (χ3n) is 2.59. The quantitative estimate of drug-likeness (QED) is 0.833. The van der Waals surface area contributed by atoms with Gasteiger partial charge >= 0.3 is 6.09 Å². The van der Waals surface area contributed by atoms with E-state index >= 15 is 0 Å². The van der Waals surface area contributed by atoms with Crippen molar-refractivity contribution in [1.29, 1.82) is 0 Å². The lowest BCUT2D eigenvalue weighted by atomic mass is 10.0. The van der Waals surface area contributed by atoms with Gasteiger partial charge in [-0.25, -0.2) is 4.79 Å². The van der Waals surface area contributed by atoms with Crippen LogP contribution in [0.25, 0.3) is 0 Å². The van der Waals surface area contributed by atoms with Crippen LogP contribution in [0.5, 0.6) is 0 Å². The van der Waals surface area contributed by atoms with Crippen molar-refractivity contribution in [3.63, 3.8) is 0 Å².